The summed E-state index contributed by atoms with van der Waals surface area (Å²) in [4.78, 5) is 11.6. The zero-order chi connectivity index (χ0) is 13.0. The number of aromatic nitrogens is 3. The van der Waals surface area contributed by atoms with E-state index in [2.05, 4.69) is 20.7 Å². The molecule has 1 amide bonds. The maximum atomic E-state index is 11.6. The largest absolute Gasteiger partial charge is 0.361 e. The minimum atomic E-state index is -0.198. The maximum absolute atomic E-state index is 11.6. The van der Waals surface area contributed by atoms with E-state index in [1.807, 2.05) is 13.1 Å². The van der Waals surface area contributed by atoms with E-state index < -0.39 is 0 Å². The number of nitrogens with zero attached hydrogens (tertiary/aromatic N) is 2. The summed E-state index contributed by atoms with van der Waals surface area (Å²) in [5, 5.41) is 13.3. The summed E-state index contributed by atoms with van der Waals surface area (Å²) in [6, 6.07) is 1.62. The lowest BCUT2D eigenvalue weighted by Gasteiger charge is -2.02. The van der Waals surface area contributed by atoms with E-state index >= 15 is 0 Å². The molecule has 0 unspecified atom stereocenters. The van der Waals surface area contributed by atoms with Gasteiger partial charge in [0.05, 0.1) is 6.20 Å². The Kier molecular flexibility index (Phi) is 3.76. The molecule has 0 aliphatic heterocycles. The fraction of sp³-hybridized carbons (Fsp3) is 0.417. The van der Waals surface area contributed by atoms with Crippen LogP contribution >= 0.6 is 0 Å². The van der Waals surface area contributed by atoms with Crippen molar-refractivity contribution in [3.63, 3.8) is 0 Å². The van der Waals surface area contributed by atoms with Crippen molar-refractivity contribution in [2.45, 2.75) is 26.7 Å². The molecule has 96 valence electrons. The van der Waals surface area contributed by atoms with Crippen LogP contribution in [0.2, 0.25) is 0 Å². The summed E-state index contributed by atoms with van der Waals surface area (Å²) in [7, 11) is 0. The van der Waals surface area contributed by atoms with Gasteiger partial charge in [-0.25, -0.2) is 0 Å². The topological polar surface area (TPSA) is 83.8 Å². The van der Waals surface area contributed by atoms with Crippen molar-refractivity contribution in [3.8, 4) is 0 Å². The molecule has 0 aromatic carbocycles. The number of hydrogen-bond donors (Lipinski definition) is 2. The first-order valence-electron chi connectivity index (χ1n) is 5.87. The van der Waals surface area contributed by atoms with Gasteiger partial charge in [-0.15, -0.1) is 0 Å². The number of amides is 1. The summed E-state index contributed by atoms with van der Waals surface area (Å²) in [6.45, 7) is 4.35. The quantitative estimate of drug-likeness (QED) is 0.783. The Balaban J connectivity index is 1.73. The molecule has 0 saturated heterocycles. The van der Waals surface area contributed by atoms with E-state index in [0.29, 0.717) is 18.0 Å². The Bertz CT molecular complexity index is 530. The number of rotatable bonds is 5. The van der Waals surface area contributed by atoms with Crippen LogP contribution in [-0.2, 0) is 6.42 Å². The van der Waals surface area contributed by atoms with Crippen LogP contribution in [0.5, 0.6) is 0 Å². The van der Waals surface area contributed by atoms with Crippen molar-refractivity contribution < 1.29 is 9.32 Å². The Morgan fingerprint density at radius 1 is 1.50 bits per heavy atom. The molecule has 6 heteroatoms. The van der Waals surface area contributed by atoms with Crippen LogP contribution in [0, 0.1) is 13.8 Å². The van der Waals surface area contributed by atoms with Crippen molar-refractivity contribution in [1.29, 1.82) is 0 Å². The summed E-state index contributed by atoms with van der Waals surface area (Å²) >= 11 is 0. The minimum Gasteiger partial charge on any atom is -0.361 e. The molecule has 2 heterocycles. The van der Waals surface area contributed by atoms with E-state index in [1.165, 1.54) is 5.56 Å². The number of H-pyrrole nitrogens is 1. The van der Waals surface area contributed by atoms with E-state index in [4.69, 9.17) is 4.52 Å². The second-order valence-corrected chi connectivity index (χ2v) is 4.20. The first-order chi connectivity index (χ1) is 8.66. The molecule has 0 radical (unpaired) electrons. The predicted octanol–water partition coefficient (Wildman–Crippen LogP) is 1.38. The van der Waals surface area contributed by atoms with Crippen LogP contribution in [0.4, 0.5) is 0 Å². The standard InChI is InChI=1S/C12H16N4O2/c1-8-6-11(16-18-8)12(17)13-5-3-4-10-7-14-15-9(10)2/h6-7H,3-5H2,1-2H3,(H,13,17)(H,14,15). The van der Waals surface area contributed by atoms with Gasteiger partial charge in [0.1, 0.15) is 5.76 Å². The summed E-state index contributed by atoms with van der Waals surface area (Å²) in [6.07, 6.45) is 3.57. The van der Waals surface area contributed by atoms with Crippen molar-refractivity contribution >= 4 is 5.91 Å². The lowest BCUT2D eigenvalue weighted by atomic mass is 10.1. The van der Waals surface area contributed by atoms with Gasteiger partial charge in [0.2, 0.25) is 0 Å². The Hall–Kier alpha value is -2.11. The van der Waals surface area contributed by atoms with Gasteiger partial charge < -0.3 is 9.84 Å². The van der Waals surface area contributed by atoms with Crippen LogP contribution in [0.3, 0.4) is 0 Å². The van der Waals surface area contributed by atoms with Gasteiger partial charge in [0.25, 0.3) is 5.91 Å². The first kappa shape index (κ1) is 12.3. The summed E-state index contributed by atoms with van der Waals surface area (Å²) in [5.41, 5.74) is 2.59. The molecule has 0 spiro atoms. The number of hydrogen-bond acceptors (Lipinski definition) is 4. The molecule has 0 atom stereocenters. The molecule has 2 aromatic heterocycles. The van der Waals surface area contributed by atoms with E-state index in [0.717, 1.165) is 18.5 Å². The van der Waals surface area contributed by atoms with Crippen molar-refractivity contribution in [1.82, 2.24) is 20.7 Å². The number of nitrogens with one attached hydrogen (secondary N) is 2. The fourth-order valence-corrected chi connectivity index (χ4v) is 1.67. The highest BCUT2D eigenvalue weighted by Gasteiger charge is 2.09. The molecule has 2 N–H and O–H groups in total. The highest BCUT2D eigenvalue weighted by Crippen LogP contribution is 2.05. The second kappa shape index (κ2) is 5.48. The fourth-order valence-electron chi connectivity index (χ4n) is 1.67. The monoisotopic (exact) mass is 248 g/mol. The average molecular weight is 248 g/mol. The molecule has 0 aliphatic rings. The molecule has 6 nitrogen and oxygen atoms in total. The van der Waals surface area contributed by atoms with Gasteiger partial charge in [0.15, 0.2) is 5.69 Å². The Labute approximate surface area is 105 Å². The predicted molar refractivity (Wildman–Crippen MR) is 65.2 cm³/mol. The zero-order valence-electron chi connectivity index (χ0n) is 10.5. The molecule has 0 saturated carbocycles. The second-order valence-electron chi connectivity index (χ2n) is 4.20. The maximum Gasteiger partial charge on any atom is 0.273 e. The first-order valence-corrected chi connectivity index (χ1v) is 5.87. The molecule has 2 aromatic rings. The van der Waals surface area contributed by atoms with Crippen molar-refractivity contribution in [2.24, 2.45) is 0 Å². The van der Waals surface area contributed by atoms with Gasteiger partial charge in [-0.3, -0.25) is 9.89 Å². The smallest absolute Gasteiger partial charge is 0.273 e. The molecule has 0 aliphatic carbocycles. The Morgan fingerprint density at radius 2 is 2.33 bits per heavy atom. The SMILES string of the molecule is Cc1cc(C(=O)NCCCc2cn[nH]c2C)no1. The molecular weight excluding hydrogens is 232 g/mol. The molecule has 18 heavy (non-hydrogen) atoms. The van der Waals surface area contributed by atoms with Crippen LogP contribution in [-0.4, -0.2) is 27.8 Å². The van der Waals surface area contributed by atoms with E-state index in [1.54, 1.807) is 13.0 Å². The van der Waals surface area contributed by atoms with Gasteiger partial charge in [-0.1, -0.05) is 5.16 Å². The van der Waals surface area contributed by atoms with Crippen LogP contribution in [0.1, 0.15) is 33.9 Å². The number of carbonyl (C=O) groups is 1. The normalized spacial score (nSPS) is 10.6. The van der Waals surface area contributed by atoms with Gasteiger partial charge in [-0.2, -0.15) is 5.10 Å². The van der Waals surface area contributed by atoms with Crippen LogP contribution < -0.4 is 5.32 Å². The van der Waals surface area contributed by atoms with Crippen molar-refractivity contribution in [3.05, 3.63) is 35.0 Å². The lowest BCUT2D eigenvalue weighted by Crippen LogP contribution is -2.25. The van der Waals surface area contributed by atoms with Gasteiger partial charge in [-0.05, 0) is 32.3 Å². The number of carbonyl (C=O) groups excluding carboxylic acids is 1. The molecular formula is C12H16N4O2. The van der Waals surface area contributed by atoms with Gasteiger partial charge >= 0.3 is 0 Å². The molecule has 2 rings (SSSR count). The average Bonchev–Trinajstić information content (AvgIpc) is 2.94. The van der Waals surface area contributed by atoms with Crippen LogP contribution in [0.25, 0.3) is 0 Å². The van der Waals surface area contributed by atoms with E-state index in [9.17, 15) is 4.79 Å². The number of aryl methyl sites for hydroxylation is 3. The third kappa shape index (κ3) is 2.97. The number of aromatic amines is 1. The lowest BCUT2D eigenvalue weighted by molar-refractivity contribution is 0.0944. The van der Waals surface area contributed by atoms with Crippen LogP contribution in [0.15, 0.2) is 16.8 Å². The molecule has 0 bridgehead atoms. The van der Waals surface area contributed by atoms with Gasteiger partial charge in [0, 0.05) is 18.3 Å². The highest BCUT2D eigenvalue weighted by molar-refractivity contribution is 5.92. The minimum absolute atomic E-state index is 0.198. The van der Waals surface area contributed by atoms with E-state index in [-0.39, 0.29) is 5.91 Å². The Morgan fingerprint density at radius 3 is 2.94 bits per heavy atom. The summed E-state index contributed by atoms with van der Waals surface area (Å²) in [5.74, 6) is 0.435. The third-order valence-corrected chi connectivity index (χ3v) is 2.70. The zero-order valence-corrected chi connectivity index (χ0v) is 10.5. The highest BCUT2D eigenvalue weighted by atomic mass is 16.5. The third-order valence-electron chi connectivity index (χ3n) is 2.70. The summed E-state index contributed by atoms with van der Waals surface area (Å²) < 4.78 is 4.84. The molecule has 0 fully saturated rings. The van der Waals surface area contributed by atoms with Crippen molar-refractivity contribution in [2.75, 3.05) is 6.54 Å².